The van der Waals surface area contributed by atoms with E-state index in [1.807, 2.05) is 6.92 Å². The second-order valence-electron chi connectivity index (χ2n) is 8.71. The van der Waals surface area contributed by atoms with Crippen LogP contribution in [0.3, 0.4) is 0 Å². The molecule has 0 spiro atoms. The number of sulfonamides is 1. The first-order valence-corrected chi connectivity index (χ1v) is 12.4. The maximum Gasteiger partial charge on any atom is 0.264 e. The minimum absolute atomic E-state index is 0.112. The molecular formula is C24H30N2O5S. The van der Waals surface area contributed by atoms with E-state index in [0.717, 1.165) is 29.1 Å². The topological polar surface area (TPSA) is 84.9 Å². The molecule has 0 saturated heterocycles. The molecule has 1 amide bonds. The SMILES string of the molecule is COc1ccc(OC)c(N(CC(=O)N[C@H]2C[C@H]3CC[C@H]2C3)S(=O)(=O)c2ccc(C)cc2)c1. The van der Waals surface area contributed by atoms with E-state index in [-0.39, 0.29) is 29.1 Å². The number of benzene rings is 2. The molecule has 2 fully saturated rings. The monoisotopic (exact) mass is 458 g/mol. The molecule has 0 aromatic heterocycles. The normalized spacial score (nSPS) is 21.9. The Hall–Kier alpha value is -2.74. The smallest absolute Gasteiger partial charge is 0.264 e. The predicted octanol–water partition coefficient (Wildman–Crippen LogP) is 3.51. The molecule has 2 aromatic rings. The van der Waals surface area contributed by atoms with Crippen molar-refractivity contribution in [1.82, 2.24) is 5.32 Å². The molecule has 1 N–H and O–H groups in total. The number of ether oxygens (including phenoxy) is 2. The average molecular weight is 459 g/mol. The first kappa shape index (κ1) is 22.5. The van der Waals surface area contributed by atoms with Gasteiger partial charge in [0.25, 0.3) is 10.0 Å². The van der Waals surface area contributed by atoms with Gasteiger partial charge in [-0.1, -0.05) is 24.1 Å². The Kier molecular flexibility index (Phi) is 6.33. The van der Waals surface area contributed by atoms with E-state index in [4.69, 9.17) is 9.47 Å². The number of hydrogen-bond donors (Lipinski definition) is 1. The summed E-state index contributed by atoms with van der Waals surface area (Å²) in [6.07, 6.45) is 4.49. The molecule has 0 radical (unpaired) electrons. The number of carbonyl (C=O) groups excluding carboxylic acids is 1. The summed E-state index contributed by atoms with van der Waals surface area (Å²) in [5.74, 6) is 1.67. The van der Waals surface area contributed by atoms with Gasteiger partial charge in [-0.05, 0) is 62.3 Å². The Balaban J connectivity index is 1.68. The molecular weight excluding hydrogens is 428 g/mol. The van der Waals surface area contributed by atoms with Crippen LogP contribution in [0.2, 0.25) is 0 Å². The van der Waals surface area contributed by atoms with Crippen LogP contribution in [0.1, 0.15) is 31.2 Å². The van der Waals surface area contributed by atoms with Gasteiger partial charge in [-0.2, -0.15) is 0 Å². The molecule has 2 saturated carbocycles. The van der Waals surface area contributed by atoms with Crippen LogP contribution in [-0.4, -0.2) is 41.1 Å². The number of nitrogens with one attached hydrogen (secondary N) is 1. The minimum atomic E-state index is -4.03. The Morgan fingerprint density at radius 2 is 1.81 bits per heavy atom. The number of rotatable bonds is 8. The van der Waals surface area contributed by atoms with Crippen LogP contribution in [0.5, 0.6) is 11.5 Å². The highest BCUT2D eigenvalue weighted by Crippen LogP contribution is 2.44. The zero-order valence-electron chi connectivity index (χ0n) is 18.7. The number of nitrogens with zero attached hydrogens (tertiary/aromatic N) is 1. The summed E-state index contributed by atoms with van der Waals surface area (Å²) in [5, 5.41) is 3.09. The zero-order chi connectivity index (χ0) is 22.9. The number of carbonyl (C=O) groups is 1. The fraction of sp³-hybridized carbons (Fsp3) is 0.458. The van der Waals surface area contributed by atoms with Crippen molar-refractivity contribution in [3.8, 4) is 11.5 Å². The highest BCUT2D eigenvalue weighted by atomic mass is 32.2. The predicted molar refractivity (Wildman–Crippen MR) is 123 cm³/mol. The minimum Gasteiger partial charge on any atom is -0.497 e. The first-order valence-electron chi connectivity index (χ1n) is 10.9. The Morgan fingerprint density at radius 3 is 2.41 bits per heavy atom. The zero-order valence-corrected chi connectivity index (χ0v) is 19.5. The lowest BCUT2D eigenvalue weighted by atomic mass is 9.95. The summed E-state index contributed by atoms with van der Waals surface area (Å²) in [4.78, 5) is 13.2. The maximum atomic E-state index is 13.7. The Morgan fingerprint density at radius 1 is 1.06 bits per heavy atom. The van der Waals surface area contributed by atoms with Crippen molar-refractivity contribution in [2.75, 3.05) is 25.1 Å². The molecule has 2 aromatic carbocycles. The highest BCUT2D eigenvalue weighted by Gasteiger charge is 2.40. The van der Waals surface area contributed by atoms with E-state index >= 15 is 0 Å². The van der Waals surface area contributed by atoms with Gasteiger partial charge in [0.1, 0.15) is 18.0 Å². The third kappa shape index (κ3) is 4.41. The van der Waals surface area contributed by atoms with Crippen molar-refractivity contribution >= 4 is 21.6 Å². The third-order valence-corrected chi connectivity index (χ3v) is 8.41. The van der Waals surface area contributed by atoms with Crippen molar-refractivity contribution in [3.63, 3.8) is 0 Å². The number of aryl methyl sites for hydroxylation is 1. The molecule has 2 aliphatic carbocycles. The molecule has 32 heavy (non-hydrogen) atoms. The van der Waals surface area contributed by atoms with E-state index in [2.05, 4.69) is 5.32 Å². The van der Waals surface area contributed by atoms with Crippen LogP contribution in [0, 0.1) is 18.8 Å². The molecule has 0 unspecified atom stereocenters. The molecule has 2 bridgehead atoms. The standard InChI is InChI=1S/C24H30N2O5S/c1-16-4-9-20(10-5-16)32(28,29)26(22-14-19(30-2)8-11-23(22)31-3)15-24(27)25-21-13-17-6-7-18(21)12-17/h4-5,8-11,14,17-18,21H,6-7,12-13,15H2,1-3H3,(H,25,27)/t17-,18-,21-/m0/s1. The molecule has 0 aliphatic heterocycles. The summed E-state index contributed by atoms with van der Waals surface area (Å²) in [6, 6.07) is 11.6. The summed E-state index contributed by atoms with van der Waals surface area (Å²) >= 11 is 0. The van der Waals surface area contributed by atoms with Gasteiger partial charge in [0.2, 0.25) is 5.91 Å². The van der Waals surface area contributed by atoms with E-state index in [0.29, 0.717) is 23.3 Å². The van der Waals surface area contributed by atoms with Gasteiger partial charge in [-0.3, -0.25) is 9.10 Å². The fourth-order valence-electron chi connectivity index (χ4n) is 4.93. The highest BCUT2D eigenvalue weighted by molar-refractivity contribution is 7.92. The lowest BCUT2D eigenvalue weighted by Gasteiger charge is -2.28. The van der Waals surface area contributed by atoms with Crippen LogP contribution in [-0.2, 0) is 14.8 Å². The van der Waals surface area contributed by atoms with E-state index in [9.17, 15) is 13.2 Å². The number of amides is 1. The van der Waals surface area contributed by atoms with Gasteiger partial charge in [-0.25, -0.2) is 8.42 Å². The maximum absolute atomic E-state index is 13.7. The average Bonchev–Trinajstić information content (AvgIpc) is 3.40. The summed E-state index contributed by atoms with van der Waals surface area (Å²) in [7, 11) is -1.05. The first-order chi connectivity index (χ1) is 15.3. The van der Waals surface area contributed by atoms with Gasteiger partial charge < -0.3 is 14.8 Å². The van der Waals surface area contributed by atoms with Crippen molar-refractivity contribution in [3.05, 3.63) is 48.0 Å². The summed E-state index contributed by atoms with van der Waals surface area (Å²) in [6.45, 7) is 1.55. The quantitative estimate of drug-likeness (QED) is 0.654. The van der Waals surface area contributed by atoms with Crippen LogP contribution in [0.15, 0.2) is 47.4 Å². The number of hydrogen-bond acceptors (Lipinski definition) is 5. The molecule has 0 heterocycles. The van der Waals surface area contributed by atoms with Gasteiger partial charge in [0, 0.05) is 12.1 Å². The lowest BCUT2D eigenvalue weighted by molar-refractivity contribution is -0.120. The number of methoxy groups -OCH3 is 2. The third-order valence-electron chi connectivity index (χ3n) is 6.64. The molecule has 7 nitrogen and oxygen atoms in total. The number of fused-ring (bicyclic) bond motifs is 2. The van der Waals surface area contributed by atoms with Gasteiger partial charge in [0.15, 0.2) is 0 Å². The lowest BCUT2D eigenvalue weighted by Crippen LogP contribution is -2.46. The van der Waals surface area contributed by atoms with Crippen LogP contribution >= 0.6 is 0 Å². The van der Waals surface area contributed by atoms with Crippen molar-refractivity contribution < 1.29 is 22.7 Å². The van der Waals surface area contributed by atoms with Crippen molar-refractivity contribution in [2.45, 2.75) is 43.5 Å². The van der Waals surface area contributed by atoms with Crippen LogP contribution in [0.25, 0.3) is 0 Å². The number of anilines is 1. The summed E-state index contributed by atoms with van der Waals surface area (Å²) in [5.41, 5.74) is 1.21. The van der Waals surface area contributed by atoms with Gasteiger partial charge >= 0.3 is 0 Å². The van der Waals surface area contributed by atoms with Crippen LogP contribution < -0.4 is 19.1 Å². The van der Waals surface area contributed by atoms with E-state index < -0.39 is 10.0 Å². The van der Waals surface area contributed by atoms with Gasteiger partial charge in [-0.15, -0.1) is 0 Å². The molecule has 8 heteroatoms. The molecule has 3 atom stereocenters. The van der Waals surface area contributed by atoms with Crippen molar-refractivity contribution in [1.29, 1.82) is 0 Å². The fourth-order valence-corrected chi connectivity index (χ4v) is 6.36. The van der Waals surface area contributed by atoms with Gasteiger partial charge in [0.05, 0.1) is 24.8 Å². The second kappa shape index (κ2) is 9.02. The van der Waals surface area contributed by atoms with Crippen molar-refractivity contribution in [2.24, 2.45) is 11.8 Å². The van der Waals surface area contributed by atoms with Crippen LogP contribution in [0.4, 0.5) is 5.69 Å². The Bertz CT molecular complexity index is 1080. The largest absolute Gasteiger partial charge is 0.497 e. The molecule has 4 rings (SSSR count). The summed E-state index contributed by atoms with van der Waals surface area (Å²) < 4.78 is 39.2. The van der Waals surface area contributed by atoms with E-state index in [1.54, 1.807) is 42.5 Å². The Labute approximate surface area is 189 Å². The molecule has 2 aliphatic rings. The molecule has 172 valence electrons. The second-order valence-corrected chi connectivity index (χ2v) is 10.6. The van der Waals surface area contributed by atoms with E-state index in [1.165, 1.54) is 20.6 Å².